The number of carboxylic acid groups (broad SMARTS) is 1. The molecule has 0 aromatic heterocycles. The number of nitrogens with two attached hydrogens (primary N) is 4. The first-order valence-corrected chi connectivity index (χ1v) is 16.6. The van der Waals surface area contributed by atoms with Crippen molar-refractivity contribution in [2.75, 3.05) is 20.2 Å². The van der Waals surface area contributed by atoms with Crippen LogP contribution >= 0.6 is 0 Å². The number of hydrogen-bond donors (Lipinski definition) is 14. The molecule has 4 aliphatic rings. The average molecular weight is 752 g/mol. The topological polar surface area (TPSA) is 370 Å². The number of hydrogen-bond acceptors (Lipinski definition) is 19. The van der Waals surface area contributed by atoms with Crippen molar-refractivity contribution < 1.29 is 104 Å². The van der Waals surface area contributed by atoms with E-state index in [9.17, 15) is 45.3 Å². The molecule has 51 heavy (non-hydrogen) atoms. The summed E-state index contributed by atoms with van der Waals surface area (Å²) in [5, 5.41) is 83.2. The number of amides is 1. The van der Waals surface area contributed by atoms with Gasteiger partial charge in [0.25, 0.3) is 5.91 Å². The Morgan fingerprint density at radius 1 is 0.882 bits per heavy atom. The molecule has 18 N–H and O–H groups in total. The molecule has 3 saturated heterocycles. The van der Waals surface area contributed by atoms with Gasteiger partial charge in [-0.1, -0.05) is 6.92 Å². The first-order chi connectivity index (χ1) is 23.4. The normalized spacial score (nSPS) is 45.0. The monoisotopic (exact) mass is 751 g/mol. The Morgan fingerprint density at radius 2 is 1.47 bits per heavy atom. The Bertz CT molecular complexity index is 1100. The number of carbonyl (C=O) groups excluding carboxylic acids is 1. The van der Waals surface area contributed by atoms with Gasteiger partial charge in [-0.15, -0.1) is 0 Å². The molecule has 18 atom stereocenters. The maximum Gasteiger partial charge on any atom is 1.00 e. The van der Waals surface area contributed by atoms with Crippen LogP contribution in [-0.2, 0) is 33.3 Å². The van der Waals surface area contributed by atoms with Crippen molar-refractivity contribution in [2.45, 2.75) is 149 Å². The summed E-state index contributed by atoms with van der Waals surface area (Å²) in [5.41, 5.74) is 23.0. The minimum atomic E-state index is -1.85. The Balaban J connectivity index is 0.000000389. The fraction of sp³-hybridized carbons (Fsp3) is 0.931. The van der Waals surface area contributed by atoms with Crippen LogP contribution in [-0.4, -0.2) is 183 Å². The number of aliphatic carboxylic acids is 1. The van der Waals surface area contributed by atoms with E-state index in [-0.39, 0.29) is 54.7 Å². The van der Waals surface area contributed by atoms with Crippen molar-refractivity contribution >= 4 is 11.9 Å². The van der Waals surface area contributed by atoms with Crippen LogP contribution in [0.4, 0.5) is 0 Å². The zero-order valence-corrected chi connectivity index (χ0v) is 31.3. The van der Waals surface area contributed by atoms with Crippen LogP contribution in [0.3, 0.4) is 0 Å². The Morgan fingerprint density at radius 3 is 2.00 bits per heavy atom. The minimum Gasteiger partial charge on any atom is -0.480 e. The molecule has 21 nitrogen and oxygen atoms in total. The standard InChI is InChI=1S/C19H39N5O7.C10H17NO8.Na/c1-19(27)7-28-18(13(26)16(19)24-2)31-15-11(23)5-10(22)14(12(15)25)30-17-9(21)4-3-8(6-20)29-17;1-2-3(9(16)17)11-8(15)7-5(13)4(12)6(14)10(18)19-7;/h8-18,24-27H,3-7,20-23H2,1-2H3;3-7,10,12-14,18H,2H2,1H3,(H,11,15)(H,16,17);/q;;+1/t8?,9?,10?,11-,12+,13-,14?,15?,16?,17-,18-,19+;3?,4-,5-,6?,7?,10+;/m10./s1. The third kappa shape index (κ3) is 11.4. The van der Waals surface area contributed by atoms with Crippen molar-refractivity contribution in [3.05, 3.63) is 0 Å². The van der Waals surface area contributed by atoms with E-state index < -0.39 is 109 Å². The van der Waals surface area contributed by atoms with Gasteiger partial charge in [0.2, 0.25) is 0 Å². The van der Waals surface area contributed by atoms with E-state index in [0.29, 0.717) is 19.4 Å². The van der Waals surface area contributed by atoms with Gasteiger partial charge in [-0.05, 0) is 39.7 Å². The summed E-state index contributed by atoms with van der Waals surface area (Å²) in [6.07, 6.45) is -13.2. The number of likely N-dealkylation sites (N-methyl/N-ethyl adjacent to an activating group) is 1. The molecular formula is C29H56N6NaO15+. The third-order valence-corrected chi connectivity index (χ3v) is 9.42. The smallest absolute Gasteiger partial charge is 0.480 e. The Labute approximate surface area is 317 Å². The molecule has 0 aromatic carbocycles. The van der Waals surface area contributed by atoms with Gasteiger partial charge in [0.05, 0.1) is 24.8 Å². The summed E-state index contributed by atoms with van der Waals surface area (Å²) in [4.78, 5) is 22.5. The van der Waals surface area contributed by atoms with E-state index in [1.807, 2.05) is 0 Å². The molecule has 3 heterocycles. The molecule has 9 unspecified atom stereocenters. The van der Waals surface area contributed by atoms with E-state index >= 15 is 0 Å². The largest absolute Gasteiger partial charge is 1.00 e. The van der Waals surface area contributed by atoms with E-state index in [4.69, 9.17) is 47.0 Å². The summed E-state index contributed by atoms with van der Waals surface area (Å²) in [6, 6.07) is -3.43. The first-order valence-electron chi connectivity index (χ1n) is 16.6. The maximum atomic E-state index is 11.7. The van der Waals surface area contributed by atoms with Crippen molar-refractivity contribution in [2.24, 2.45) is 22.9 Å². The van der Waals surface area contributed by atoms with Crippen LogP contribution < -0.4 is 63.1 Å². The number of ether oxygens (including phenoxy) is 5. The summed E-state index contributed by atoms with van der Waals surface area (Å²) in [5.74, 6) is -2.26. The molecule has 0 aromatic rings. The minimum absolute atomic E-state index is 0. The number of carboxylic acids is 1. The van der Waals surface area contributed by atoms with E-state index in [0.717, 1.165) is 6.42 Å². The summed E-state index contributed by atoms with van der Waals surface area (Å²) in [7, 11) is 1.62. The van der Waals surface area contributed by atoms with Gasteiger partial charge in [-0.25, -0.2) is 4.79 Å². The number of carbonyl (C=O) groups is 2. The Kier molecular flexibility index (Phi) is 18.4. The third-order valence-electron chi connectivity index (χ3n) is 9.42. The predicted octanol–water partition coefficient (Wildman–Crippen LogP) is -10.2. The molecule has 1 amide bonds. The van der Waals surface area contributed by atoms with Crippen LogP contribution in [0, 0.1) is 0 Å². The van der Waals surface area contributed by atoms with Gasteiger partial charge >= 0.3 is 35.5 Å². The molecule has 0 spiro atoms. The molecule has 22 heteroatoms. The molecule has 1 saturated carbocycles. The SMILES string of the molecule is CCC(NC(=O)C1O[C@@H](O)C(O)[C@@H](O)[C@@H]1O)C(=O)O.CNC1[C@@H](O)[C@@H](OC2[C@@H](O)C(O[C@H]3OC(CN)CCC3N)C(N)C[C@H]2N)OC[C@]1(C)O.[Na+]. The zero-order valence-electron chi connectivity index (χ0n) is 29.3. The van der Waals surface area contributed by atoms with Crippen molar-refractivity contribution in [1.82, 2.24) is 10.6 Å². The van der Waals surface area contributed by atoms with Gasteiger partial charge in [-0.2, -0.15) is 0 Å². The van der Waals surface area contributed by atoms with Crippen LogP contribution in [0.1, 0.15) is 39.5 Å². The quantitative estimate of drug-likeness (QED) is 0.0921. The predicted molar refractivity (Wildman–Crippen MR) is 169 cm³/mol. The van der Waals surface area contributed by atoms with Crippen LogP contribution in [0.5, 0.6) is 0 Å². The summed E-state index contributed by atoms with van der Waals surface area (Å²) >= 11 is 0. The Hall–Kier alpha value is -0.740. The molecule has 4 fully saturated rings. The molecule has 4 rings (SSSR count). The number of aliphatic hydroxyl groups is 7. The van der Waals surface area contributed by atoms with Gasteiger partial charge < -0.3 is 98.1 Å². The van der Waals surface area contributed by atoms with Crippen molar-refractivity contribution in [1.29, 1.82) is 0 Å². The zero-order chi connectivity index (χ0) is 37.7. The fourth-order valence-corrected chi connectivity index (χ4v) is 6.36. The van der Waals surface area contributed by atoms with Crippen molar-refractivity contribution in [3.8, 4) is 0 Å². The van der Waals surface area contributed by atoms with Gasteiger partial charge in [0, 0.05) is 18.6 Å². The molecule has 1 aliphatic carbocycles. The second-order valence-corrected chi connectivity index (χ2v) is 13.4. The van der Waals surface area contributed by atoms with E-state index in [2.05, 4.69) is 15.4 Å². The maximum absolute atomic E-state index is 11.7. The molecular weight excluding hydrogens is 695 g/mol. The fourth-order valence-electron chi connectivity index (χ4n) is 6.36. The summed E-state index contributed by atoms with van der Waals surface area (Å²) < 4.78 is 27.9. The first kappa shape index (κ1) is 46.4. The number of nitrogens with one attached hydrogen (secondary N) is 2. The van der Waals surface area contributed by atoms with Crippen LogP contribution in [0.15, 0.2) is 0 Å². The van der Waals surface area contributed by atoms with E-state index in [1.165, 1.54) is 6.92 Å². The summed E-state index contributed by atoms with van der Waals surface area (Å²) in [6.45, 7) is 3.36. The molecule has 292 valence electrons. The van der Waals surface area contributed by atoms with Crippen molar-refractivity contribution in [3.63, 3.8) is 0 Å². The molecule has 3 aliphatic heterocycles. The van der Waals surface area contributed by atoms with Crippen LogP contribution in [0.25, 0.3) is 0 Å². The van der Waals surface area contributed by atoms with Gasteiger partial charge in [0.15, 0.2) is 25.0 Å². The number of aliphatic hydroxyl groups excluding tert-OH is 6. The molecule has 0 bridgehead atoms. The average Bonchev–Trinajstić information content (AvgIpc) is 3.06. The number of rotatable bonds is 10. The van der Waals surface area contributed by atoms with Gasteiger partial charge in [-0.3, -0.25) is 4.79 Å². The van der Waals surface area contributed by atoms with Crippen LogP contribution in [0.2, 0.25) is 0 Å². The second-order valence-electron chi connectivity index (χ2n) is 13.4. The van der Waals surface area contributed by atoms with E-state index in [1.54, 1.807) is 14.0 Å². The second kappa shape index (κ2) is 20.3. The molecule has 0 radical (unpaired) electrons. The van der Waals surface area contributed by atoms with Gasteiger partial charge in [0.1, 0.15) is 54.4 Å².